The summed E-state index contributed by atoms with van der Waals surface area (Å²) >= 11 is 0. The zero-order valence-corrected chi connectivity index (χ0v) is 12.6. The van der Waals surface area contributed by atoms with E-state index in [1.165, 1.54) is 6.07 Å². The van der Waals surface area contributed by atoms with Crippen LogP contribution in [-0.4, -0.2) is 38.4 Å². The van der Waals surface area contributed by atoms with E-state index in [-0.39, 0.29) is 35.7 Å². The van der Waals surface area contributed by atoms with E-state index in [0.717, 1.165) is 0 Å². The highest BCUT2D eigenvalue weighted by molar-refractivity contribution is 7.91. The standard InChI is InChI=1S/C14H19FN2O3S/c1-10(12-4-2-3-5-13(12)15)17-14(18)8-11-9-21(19,20)7-6-16-11/h2-5,10-11,16H,6-9H2,1H3,(H,17,18)/t10-,11?/m1/s1. The first-order chi connectivity index (χ1) is 9.87. The van der Waals surface area contributed by atoms with Crippen molar-refractivity contribution in [3.8, 4) is 0 Å². The number of nitrogens with one attached hydrogen (secondary N) is 2. The summed E-state index contributed by atoms with van der Waals surface area (Å²) in [5.74, 6) is -0.588. The summed E-state index contributed by atoms with van der Waals surface area (Å²) in [4.78, 5) is 11.9. The summed E-state index contributed by atoms with van der Waals surface area (Å²) < 4.78 is 36.6. The number of sulfone groups is 1. The first-order valence-corrected chi connectivity index (χ1v) is 8.67. The van der Waals surface area contributed by atoms with Crippen LogP contribution in [0.5, 0.6) is 0 Å². The second kappa shape index (κ2) is 6.53. The van der Waals surface area contributed by atoms with Gasteiger partial charge in [0.25, 0.3) is 0 Å². The van der Waals surface area contributed by atoms with Crippen LogP contribution in [0.4, 0.5) is 4.39 Å². The van der Waals surface area contributed by atoms with Crippen molar-refractivity contribution in [1.29, 1.82) is 0 Å². The van der Waals surface area contributed by atoms with Gasteiger partial charge in [0.15, 0.2) is 9.84 Å². The SMILES string of the molecule is C[C@@H](NC(=O)CC1CS(=O)(=O)CCN1)c1ccccc1F. The smallest absolute Gasteiger partial charge is 0.222 e. The van der Waals surface area contributed by atoms with Crippen molar-refractivity contribution < 1.29 is 17.6 Å². The third-order valence-corrected chi connectivity index (χ3v) is 5.22. The minimum absolute atomic E-state index is 0.0332. The van der Waals surface area contributed by atoms with Crippen molar-refractivity contribution in [3.05, 3.63) is 35.6 Å². The minimum Gasteiger partial charge on any atom is -0.349 e. The average Bonchev–Trinajstić information content (AvgIpc) is 2.37. The predicted octanol–water partition coefficient (Wildman–Crippen LogP) is 0.780. The van der Waals surface area contributed by atoms with Gasteiger partial charge in [-0.3, -0.25) is 4.79 Å². The van der Waals surface area contributed by atoms with E-state index in [9.17, 15) is 17.6 Å². The Morgan fingerprint density at radius 2 is 2.19 bits per heavy atom. The van der Waals surface area contributed by atoms with Crippen LogP contribution in [0.15, 0.2) is 24.3 Å². The van der Waals surface area contributed by atoms with Gasteiger partial charge in [-0.05, 0) is 13.0 Å². The van der Waals surface area contributed by atoms with E-state index in [1.807, 2.05) is 0 Å². The quantitative estimate of drug-likeness (QED) is 0.861. The molecule has 1 amide bonds. The molecule has 1 aliphatic heterocycles. The van der Waals surface area contributed by atoms with E-state index in [4.69, 9.17) is 0 Å². The highest BCUT2D eigenvalue weighted by Crippen LogP contribution is 2.16. The molecule has 0 spiro atoms. The Morgan fingerprint density at radius 1 is 1.48 bits per heavy atom. The number of carbonyl (C=O) groups is 1. The van der Waals surface area contributed by atoms with Crippen LogP contribution in [0.25, 0.3) is 0 Å². The van der Waals surface area contributed by atoms with Crippen molar-refractivity contribution in [2.24, 2.45) is 0 Å². The normalized spacial score (nSPS) is 22.5. The molecule has 0 saturated carbocycles. The maximum absolute atomic E-state index is 13.6. The Kier molecular flexibility index (Phi) is 4.95. The summed E-state index contributed by atoms with van der Waals surface area (Å²) in [7, 11) is -3.07. The fraction of sp³-hybridized carbons (Fsp3) is 0.500. The van der Waals surface area contributed by atoms with Crippen molar-refractivity contribution in [2.75, 3.05) is 18.1 Å². The summed E-state index contributed by atoms with van der Waals surface area (Å²) in [6, 6.07) is 5.41. The first-order valence-electron chi connectivity index (χ1n) is 6.85. The van der Waals surface area contributed by atoms with Crippen LogP contribution >= 0.6 is 0 Å². The number of carbonyl (C=O) groups excluding carboxylic acids is 1. The third kappa shape index (κ3) is 4.50. The topological polar surface area (TPSA) is 75.3 Å². The van der Waals surface area contributed by atoms with Crippen LogP contribution in [0.1, 0.15) is 24.9 Å². The van der Waals surface area contributed by atoms with Crippen LogP contribution in [0, 0.1) is 5.82 Å². The summed E-state index contributed by atoms with van der Waals surface area (Å²) in [5.41, 5.74) is 0.412. The van der Waals surface area contributed by atoms with E-state index in [0.29, 0.717) is 12.1 Å². The van der Waals surface area contributed by atoms with E-state index < -0.39 is 15.9 Å². The maximum atomic E-state index is 13.6. The van der Waals surface area contributed by atoms with Gasteiger partial charge in [0.1, 0.15) is 5.82 Å². The summed E-state index contributed by atoms with van der Waals surface area (Å²) in [5, 5.41) is 5.71. The first kappa shape index (κ1) is 15.9. The largest absolute Gasteiger partial charge is 0.349 e. The van der Waals surface area contributed by atoms with Gasteiger partial charge in [0.05, 0.1) is 17.5 Å². The predicted molar refractivity (Wildman–Crippen MR) is 78.0 cm³/mol. The number of halogens is 1. The molecule has 2 rings (SSSR count). The molecule has 1 aromatic rings. The average molecular weight is 314 g/mol. The molecule has 0 aromatic heterocycles. The van der Waals surface area contributed by atoms with E-state index >= 15 is 0 Å². The van der Waals surface area contributed by atoms with Gasteiger partial charge < -0.3 is 10.6 Å². The molecule has 1 fully saturated rings. The molecular formula is C14H19FN2O3S. The Hall–Kier alpha value is -1.47. The van der Waals surface area contributed by atoms with Crippen molar-refractivity contribution in [1.82, 2.24) is 10.6 Å². The van der Waals surface area contributed by atoms with Crippen LogP contribution < -0.4 is 10.6 Å². The molecule has 5 nitrogen and oxygen atoms in total. The summed E-state index contributed by atoms with van der Waals surface area (Å²) in [6.45, 7) is 2.06. The lowest BCUT2D eigenvalue weighted by Crippen LogP contribution is -2.47. The number of amides is 1. The highest BCUT2D eigenvalue weighted by atomic mass is 32.2. The lowest BCUT2D eigenvalue weighted by molar-refractivity contribution is -0.122. The summed E-state index contributed by atoms with van der Waals surface area (Å²) in [6.07, 6.45) is 0.0675. The molecule has 2 N–H and O–H groups in total. The molecule has 0 radical (unpaired) electrons. The van der Waals surface area contributed by atoms with Gasteiger partial charge >= 0.3 is 0 Å². The third-order valence-electron chi connectivity index (χ3n) is 3.48. The monoisotopic (exact) mass is 314 g/mol. The van der Waals surface area contributed by atoms with E-state index in [2.05, 4.69) is 10.6 Å². The fourth-order valence-electron chi connectivity index (χ4n) is 2.43. The molecule has 2 atom stereocenters. The lowest BCUT2D eigenvalue weighted by atomic mass is 10.1. The van der Waals surface area contributed by atoms with Crippen molar-refractivity contribution in [2.45, 2.75) is 25.4 Å². The van der Waals surface area contributed by atoms with Gasteiger partial charge in [-0.25, -0.2) is 12.8 Å². The Labute approximate surface area is 123 Å². The second-order valence-corrected chi connectivity index (χ2v) is 7.51. The molecule has 0 bridgehead atoms. The molecule has 1 heterocycles. The van der Waals surface area contributed by atoms with Crippen LogP contribution in [0.3, 0.4) is 0 Å². The lowest BCUT2D eigenvalue weighted by Gasteiger charge is -2.24. The van der Waals surface area contributed by atoms with Crippen LogP contribution in [0.2, 0.25) is 0 Å². The van der Waals surface area contributed by atoms with Crippen LogP contribution in [-0.2, 0) is 14.6 Å². The number of rotatable bonds is 4. The van der Waals surface area contributed by atoms with Crippen molar-refractivity contribution >= 4 is 15.7 Å². The Morgan fingerprint density at radius 3 is 2.86 bits per heavy atom. The Bertz CT molecular complexity index is 618. The molecule has 7 heteroatoms. The minimum atomic E-state index is -3.07. The Balaban J connectivity index is 1.91. The number of benzene rings is 1. The van der Waals surface area contributed by atoms with Gasteiger partial charge in [-0.15, -0.1) is 0 Å². The maximum Gasteiger partial charge on any atom is 0.222 e. The number of hydrogen-bond acceptors (Lipinski definition) is 4. The zero-order valence-electron chi connectivity index (χ0n) is 11.8. The molecule has 116 valence electrons. The molecular weight excluding hydrogens is 295 g/mol. The van der Waals surface area contributed by atoms with E-state index in [1.54, 1.807) is 25.1 Å². The van der Waals surface area contributed by atoms with Gasteiger partial charge in [0.2, 0.25) is 5.91 Å². The molecule has 1 saturated heterocycles. The van der Waals surface area contributed by atoms with Gasteiger partial charge in [-0.1, -0.05) is 18.2 Å². The fourth-order valence-corrected chi connectivity index (χ4v) is 3.87. The zero-order chi connectivity index (χ0) is 15.5. The molecule has 1 aliphatic rings. The number of hydrogen-bond donors (Lipinski definition) is 2. The molecule has 21 heavy (non-hydrogen) atoms. The molecule has 1 aromatic carbocycles. The molecule has 0 aliphatic carbocycles. The second-order valence-electron chi connectivity index (χ2n) is 5.28. The highest BCUT2D eigenvalue weighted by Gasteiger charge is 2.26. The van der Waals surface area contributed by atoms with Crippen molar-refractivity contribution in [3.63, 3.8) is 0 Å². The molecule has 1 unspecified atom stereocenters. The van der Waals surface area contributed by atoms with Gasteiger partial charge in [0, 0.05) is 24.6 Å². The van der Waals surface area contributed by atoms with Gasteiger partial charge in [-0.2, -0.15) is 0 Å².